The highest BCUT2D eigenvalue weighted by atomic mass is 19.1. The highest BCUT2D eigenvalue weighted by molar-refractivity contribution is 6.01. The molecule has 1 saturated carbocycles. The quantitative estimate of drug-likeness (QED) is 0.927. The van der Waals surface area contributed by atoms with Crippen molar-refractivity contribution in [3.8, 4) is 0 Å². The van der Waals surface area contributed by atoms with E-state index in [-0.39, 0.29) is 18.9 Å². The van der Waals surface area contributed by atoms with Gasteiger partial charge in [0.05, 0.1) is 5.92 Å². The lowest BCUT2D eigenvalue weighted by atomic mass is 9.78. The Morgan fingerprint density at radius 3 is 2.68 bits per heavy atom. The summed E-state index contributed by atoms with van der Waals surface area (Å²) in [5, 5.41) is 9.30. The van der Waals surface area contributed by atoms with E-state index in [0.717, 1.165) is 6.42 Å². The Labute approximate surface area is 127 Å². The van der Waals surface area contributed by atoms with Gasteiger partial charge in [-0.25, -0.2) is 4.39 Å². The van der Waals surface area contributed by atoms with E-state index in [4.69, 9.17) is 4.74 Å². The number of carboxylic acid groups (broad SMARTS) is 1. The number of carboxylic acids is 1. The van der Waals surface area contributed by atoms with E-state index in [0.29, 0.717) is 24.1 Å². The van der Waals surface area contributed by atoms with Gasteiger partial charge in [-0.1, -0.05) is 0 Å². The SMILES string of the molecule is COC1(C(=O)N2CC(C(=O)O)Cc3cc(F)ccc32)CCC1. The maximum Gasteiger partial charge on any atom is 0.308 e. The first-order valence-electron chi connectivity index (χ1n) is 7.35. The zero-order chi connectivity index (χ0) is 15.9. The number of carbonyl (C=O) groups excluding carboxylic acids is 1. The molecule has 1 fully saturated rings. The van der Waals surface area contributed by atoms with E-state index in [1.54, 1.807) is 6.07 Å². The van der Waals surface area contributed by atoms with Gasteiger partial charge < -0.3 is 14.7 Å². The number of hydrogen-bond acceptors (Lipinski definition) is 3. The molecule has 118 valence electrons. The minimum atomic E-state index is -0.979. The summed E-state index contributed by atoms with van der Waals surface area (Å²) in [5.41, 5.74) is 0.288. The van der Waals surface area contributed by atoms with Crippen molar-refractivity contribution in [2.75, 3.05) is 18.6 Å². The number of benzene rings is 1. The molecule has 1 heterocycles. The standard InChI is InChI=1S/C16H18FNO4/c1-22-16(5-2-6-16)15(21)18-9-11(14(19)20)7-10-8-12(17)3-4-13(10)18/h3-4,8,11H,2,5-7,9H2,1H3,(H,19,20). The lowest BCUT2D eigenvalue weighted by Gasteiger charge is -2.44. The van der Waals surface area contributed by atoms with Crippen molar-refractivity contribution >= 4 is 17.6 Å². The number of methoxy groups -OCH3 is 1. The third kappa shape index (κ3) is 2.27. The van der Waals surface area contributed by atoms with Gasteiger partial charge in [-0.2, -0.15) is 0 Å². The van der Waals surface area contributed by atoms with Gasteiger partial charge in [-0.15, -0.1) is 0 Å². The molecule has 0 aromatic heterocycles. The summed E-state index contributed by atoms with van der Waals surface area (Å²) in [6.45, 7) is 0.0951. The molecule has 1 aliphatic heterocycles. The third-order valence-corrected chi connectivity index (χ3v) is 4.74. The molecule has 0 spiro atoms. The Bertz CT molecular complexity index is 621. The van der Waals surface area contributed by atoms with E-state index in [2.05, 4.69) is 0 Å². The number of amides is 1. The van der Waals surface area contributed by atoms with Crippen LogP contribution in [0.1, 0.15) is 24.8 Å². The molecule has 0 saturated heterocycles. The molecule has 6 heteroatoms. The Kier molecular flexibility index (Phi) is 3.64. The van der Waals surface area contributed by atoms with Crippen LogP contribution in [-0.4, -0.2) is 36.2 Å². The fourth-order valence-corrected chi connectivity index (χ4v) is 3.24. The first kappa shape index (κ1) is 15.0. The number of halogens is 1. The van der Waals surface area contributed by atoms with E-state index in [1.165, 1.54) is 24.1 Å². The van der Waals surface area contributed by atoms with Crippen LogP contribution >= 0.6 is 0 Å². The van der Waals surface area contributed by atoms with Crippen LogP contribution in [-0.2, 0) is 20.7 Å². The lowest BCUT2D eigenvalue weighted by Crippen LogP contribution is -2.57. The fraction of sp³-hybridized carbons (Fsp3) is 0.500. The highest BCUT2D eigenvalue weighted by Gasteiger charge is 2.48. The number of aliphatic carboxylic acids is 1. The summed E-state index contributed by atoms with van der Waals surface area (Å²) in [7, 11) is 1.50. The molecule has 2 aliphatic rings. The number of nitrogens with zero attached hydrogens (tertiary/aromatic N) is 1. The number of carbonyl (C=O) groups is 2. The van der Waals surface area contributed by atoms with Crippen molar-refractivity contribution in [3.63, 3.8) is 0 Å². The second-order valence-electron chi connectivity index (χ2n) is 5.98. The maximum atomic E-state index is 13.5. The van der Waals surface area contributed by atoms with Gasteiger partial charge in [0.25, 0.3) is 5.91 Å². The zero-order valence-corrected chi connectivity index (χ0v) is 12.3. The van der Waals surface area contributed by atoms with Crippen molar-refractivity contribution in [2.45, 2.75) is 31.3 Å². The van der Waals surface area contributed by atoms with E-state index in [9.17, 15) is 19.1 Å². The molecule has 1 unspecified atom stereocenters. The van der Waals surface area contributed by atoms with Gasteiger partial charge in [0.15, 0.2) is 0 Å². The predicted octanol–water partition coefficient (Wildman–Crippen LogP) is 1.98. The second kappa shape index (κ2) is 5.35. The summed E-state index contributed by atoms with van der Waals surface area (Å²) in [6, 6.07) is 4.15. The minimum absolute atomic E-state index is 0.0951. The molecule has 3 rings (SSSR count). The smallest absolute Gasteiger partial charge is 0.308 e. The molecule has 1 atom stereocenters. The van der Waals surface area contributed by atoms with Crippen LogP contribution in [0.2, 0.25) is 0 Å². The van der Waals surface area contributed by atoms with E-state index >= 15 is 0 Å². The van der Waals surface area contributed by atoms with Gasteiger partial charge >= 0.3 is 5.97 Å². The summed E-state index contributed by atoms with van der Waals surface area (Å²) >= 11 is 0. The Morgan fingerprint density at radius 2 is 2.14 bits per heavy atom. The van der Waals surface area contributed by atoms with Crippen LogP contribution in [0.15, 0.2) is 18.2 Å². The molecule has 0 radical (unpaired) electrons. The monoisotopic (exact) mass is 307 g/mol. The van der Waals surface area contributed by atoms with Crippen LogP contribution in [0.3, 0.4) is 0 Å². The average Bonchev–Trinajstić information content (AvgIpc) is 2.44. The van der Waals surface area contributed by atoms with E-state index in [1.807, 2.05) is 0 Å². The predicted molar refractivity (Wildman–Crippen MR) is 77.2 cm³/mol. The number of hydrogen-bond donors (Lipinski definition) is 1. The van der Waals surface area contributed by atoms with Crippen LogP contribution in [0.25, 0.3) is 0 Å². The third-order valence-electron chi connectivity index (χ3n) is 4.74. The van der Waals surface area contributed by atoms with Crippen LogP contribution in [0.4, 0.5) is 10.1 Å². The van der Waals surface area contributed by atoms with Gasteiger partial charge in [0, 0.05) is 19.3 Å². The van der Waals surface area contributed by atoms with Crippen molar-refractivity contribution < 1.29 is 23.8 Å². The Morgan fingerprint density at radius 1 is 1.41 bits per heavy atom. The molecule has 1 aromatic carbocycles. The highest BCUT2D eigenvalue weighted by Crippen LogP contribution is 2.40. The first-order chi connectivity index (χ1) is 10.5. The number of rotatable bonds is 3. The molecule has 1 aromatic rings. The van der Waals surface area contributed by atoms with Gasteiger partial charge in [0.1, 0.15) is 11.4 Å². The molecule has 1 N–H and O–H groups in total. The fourth-order valence-electron chi connectivity index (χ4n) is 3.24. The van der Waals surface area contributed by atoms with Crippen LogP contribution in [0.5, 0.6) is 0 Å². The molecular formula is C16H18FNO4. The topological polar surface area (TPSA) is 66.8 Å². The van der Waals surface area contributed by atoms with Crippen molar-refractivity contribution in [3.05, 3.63) is 29.6 Å². The Hall–Kier alpha value is -1.95. The first-order valence-corrected chi connectivity index (χ1v) is 7.35. The largest absolute Gasteiger partial charge is 0.481 e. The normalized spacial score (nSPS) is 22.6. The molecule has 22 heavy (non-hydrogen) atoms. The summed E-state index contributed by atoms with van der Waals surface area (Å²) < 4.78 is 18.9. The van der Waals surface area contributed by atoms with Crippen LogP contribution < -0.4 is 4.90 Å². The molecule has 1 aliphatic carbocycles. The van der Waals surface area contributed by atoms with Crippen molar-refractivity contribution in [1.82, 2.24) is 0 Å². The lowest BCUT2D eigenvalue weighted by molar-refractivity contribution is -0.152. The van der Waals surface area contributed by atoms with Gasteiger partial charge in [-0.3, -0.25) is 9.59 Å². The number of fused-ring (bicyclic) bond motifs is 1. The molecule has 5 nitrogen and oxygen atoms in total. The Balaban J connectivity index is 1.99. The molecular weight excluding hydrogens is 289 g/mol. The second-order valence-corrected chi connectivity index (χ2v) is 5.98. The zero-order valence-electron chi connectivity index (χ0n) is 12.3. The number of ether oxygens (including phenoxy) is 1. The molecule has 0 bridgehead atoms. The summed E-state index contributed by atoms with van der Waals surface area (Å²) in [5.74, 6) is -2.36. The minimum Gasteiger partial charge on any atom is -0.481 e. The molecule has 1 amide bonds. The van der Waals surface area contributed by atoms with Gasteiger partial charge in [-0.05, 0) is 49.4 Å². The van der Waals surface area contributed by atoms with E-state index < -0.39 is 23.3 Å². The van der Waals surface area contributed by atoms with Gasteiger partial charge in [0.2, 0.25) is 0 Å². The summed E-state index contributed by atoms with van der Waals surface area (Å²) in [6.07, 6.45) is 2.40. The number of anilines is 1. The van der Waals surface area contributed by atoms with Crippen LogP contribution in [0, 0.1) is 11.7 Å². The maximum absolute atomic E-state index is 13.5. The summed E-state index contributed by atoms with van der Waals surface area (Å²) in [4.78, 5) is 25.7. The van der Waals surface area contributed by atoms with Crippen molar-refractivity contribution in [1.29, 1.82) is 0 Å². The average molecular weight is 307 g/mol. The van der Waals surface area contributed by atoms with Crippen molar-refractivity contribution in [2.24, 2.45) is 5.92 Å².